The molecule has 1 aromatic carbocycles. The van der Waals surface area contributed by atoms with E-state index in [4.69, 9.17) is 5.11 Å². The number of aromatic nitrogens is 2. The van der Waals surface area contributed by atoms with E-state index in [1.165, 1.54) is 23.5 Å². The molecule has 1 heterocycles. The van der Waals surface area contributed by atoms with Crippen LogP contribution >= 0.6 is 0 Å². The number of carbonyl (C=O) groups is 2. The molecule has 3 rings (SSSR count). The van der Waals surface area contributed by atoms with E-state index in [9.17, 15) is 9.59 Å². The van der Waals surface area contributed by atoms with Crippen LogP contribution in [-0.2, 0) is 4.79 Å². The number of anilines is 1. The van der Waals surface area contributed by atoms with Crippen molar-refractivity contribution in [2.24, 2.45) is 5.92 Å². The number of rotatable bonds is 4. The number of hydrogen-bond acceptors (Lipinski definition) is 3. The van der Waals surface area contributed by atoms with Gasteiger partial charge in [-0.25, -0.2) is 9.48 Å². The summed E-state index contributed by atoms with van der Waals surface area (Å²) in [5.74, 6) is -0.801. The average molecular weight is 313 g/mol. The van der Waals surface area contributed by atoms with Gasteiger partial charge in [-0.05, 0) is 37.1 Å². The molecule has 0 atom stereocenters. The van der Waals surface area contributed by atoms with Crippen LogP contribution in [0.15, 0.2) is 36.7 Å². The molecule has 2 N–H and O–H groups in total. The predicted octanol–water partition coefficient (Wildman–Crippen LogP) is 3.09. The van der Waals surface area contributed by atoms with Gasteiger partial charge in [0, 0.05) is 17.8 Å². The Morgan fingerprint density at radius 2 is 1.83 bits per heavy atom. The molecule has 23 heavy (non-hydrogen) atoms. The van der Waals surface area contributed by atoms with Gasteiger partial charge in [-0.3, -0.25) is 4.79 Å². The Morgan fingerprint density at radius 1 is 1.13 bits per heavy atom. The molecule has 0 bridgehead atoms. The van der Waals surface area contributed by atoms with Crippen molar-refractivity contribution in [2.75, 3.05) is 5.32 Å². The number of carboxylic acid groups (broad SMARTS) is 1. The largest absolute Gasteiger partial charge is 0.478 e. The number of nitrogens with zero attached hydrogens (tertiary/aromatic N) is 2. The highest BCUT2D eigenvalue weighted by Crippen LogP contribution is 2.25. The molecule has 120 valence electrons. The summed E-state index contributed by atoms with van der Waals surface area (Å²) in [5.41, 5.74) is 1.63. The van der Waals surface area contributed by atoms with Gasteiger partial charge in [0.2, 0.25) is 5.91 Å². The van der Waals surface area contributed by atoms with E-state index in [1.807, 2.05) is 0 Å². The highest BCUT2D eigenvalue weighted by molar-refractivity contribution is 5.92. The lowest BCUT2D eigenvalue weighted by Crippen LogP contribution is -2.24. The first-order valence-electron chi connectivity index (χ1n) is 7.83. The zero-order chi connectivity index (χ0) is 16.2. The van der Waals surface area contributed by atoms with Crippen LogP contribution in [0.5, 0.6) is 0 Å². The first kappa shape index (κ1) is 15.3. The number of benzene rings is 1. The average Bonchev–Trinajstić information content (AvgIpc) is 3.07. The van der Waals surface area contributed by atoms with Gasteiger partial charge in [0.1, 0.15) is 0 Å². The van der Waals surface area contributed by atoms with Gasteiger partial charge >= 0.3 is 5.97 Å². The molecule has 0 radical (unpaired) electrons. The lowest BCUT2D eigenvalue weighted by Gasteiger charge is -2.20. The summed E-state index contributed by atoms with van der Waals surface area (Å²) in [4.78, 5) is 23.1. The number of amides is 1. The summed E-state index contributed by atoms with van der Waals surface area (Å²) in [6.45, 7) is 0. The van der Waals surface area contributed by atoms with E-state index in [2.05, 4.69) is 10.4 Å². The molecule has 2 aromatic rings. The van der Waals surface area contributed by atoms with Crippen molar-refractivity contribution in [1.29, 1.82) is 0 Å². The van der Waals surface area contributed by atoms with E-state index in [0.717, 1.165) is 37.1 Å². The van der Waals surface area contributed by atoms with Crippen molar-refractivity contribution in [3.05, 3.63) is 42.2 Å². The molecular weight excluding hydrogens is 294 g/mol. The smallest absolute Gasteiger partial charge is 0.338 e. The maximum Gasteiger partial charge on any atom is 0.338 e. The third-order valence-corrected chi connectivity index (χ3v) is 4.20. The minimum atomic E-state index is -1.01. The van der Waals surface area contributed by atoms with Crippen molar-refractivity contribution in [1.82, 2.24) is 9.78 Å². The fraction of sp³-hybridized carbons (Fsp3) is 0.353. The predicted molar refractivity (Wildman–Crippen MR) is 85.7 cm³/mol. The summed E-state index contributed by atoms with van der Waals surface area (Å²) >= 11 is 0. The second-order valence-electron chi connectivity index (χ2n) is 5.85. The Hall–Kier alpha value is -2.63. The van der Waals surface area contributed by atoms with Crippen molar-refractivity contribution in [2.45, 2.75) is 32.1 Å². The molecule has 6 heteroatoms. The van der Waals surface area contributed by atoms with Gasteiger partial charge < -0.3 is 10.4 Å². The highest BCUT2D eigenvalue weighted by atomic mass is 16.4. The first-order valence-corrected chi connectivity index (χ1v) is 7.83. The van der Waals surface area contributed by atoms with Crippen LogP contribution in [0.4, 0.5) is 5.69 Å². The van der Waals surface area contributed by atoms with Gasteiger partial charge in [0.05, 0.1) is 17.4 Å². The van der Waals surface area contributed by atoms with Crippen LogP contribution < -0.4 is 5.32 Å². The normalized spacial score (nSPS) is 15.3. The van der Waals surface area contributed by atoms with Crippen molar-refractivity contribution in [3.8, 4) is 5.69 Å². The zero-order valence-electron chi connectivity index (χ0n) is 12.7. The molecule has 6 nitrogen and oxygen atoms in total. The minimum Gasteiger partial charge on any atom is -0.478 e. The SMILES string of the molecule is O=C(O)c1cnn(-c2ccc(NC(=O)C3CCCCC3)cc2)c1. The Balaban J connectivity index is 1.66. The van der Waals surface area contributed by atoms with Crippen LogP contribution in [0.2, 0.25) is 0 Å². The molecule has 1 amide bonds. The van der Waals surface area contributed by atoms with Crippen molar-refractivity contribution in [3.63, 3.8) is 0 Å². The molecule has 1 fully saturated rings. The van der Waals surface area contributed by atoms with Crippen LogP contribution in [0, 0.1) is 5.92 Å². The maximum absolute atomic E-state index is 12.2. The van der Waals surface area contributed by atoms with E-state index < -0.39 is 5.97 Å². The fourth-order valence-electron chi connectivity index (χ4n) is 2.88. The van der Waals surface area contributed by atoms with Crippen LogP contribution in [0.3, 0.4) is 0 Å². The van der Waals surface area contributed by atoms with Crippen LogP contribution in [-0.4, -0.2) is 26.8 Å². The highest BCUT2D eigenvalue weighted by Gasteiger charge is 2.20. The first-order chi connectivity index (χ1) is 11.1. The molecule has 1 saturated carbocycles. The fourth-order valence-corrected chi connectivity index (χ4v) is 2.88. The molecule has 0 saturated heterocycles. The Kier molecular flexibility index (Phi) is 4.41. The van der Waals surface area contributed by atoms with Crippen LogP contribution in [0.25, 0.3) is 5.69 Å². The summed E-state index contributed by atoms with van der Waals surface area (Å²) < 4.78 is 1.50. The summed E-state index contributed by atoms with van der Waals surface area (Å²) in [7, 11) is 0. The van der Waals surface area contributed by atoms with E-state index in [-0.39, 0.29) is 17.4 Å². The van der Waals surface area contributed by atoms with Gasteiger partial charge in [0.15, 0.2) is 0 Å². The second-order valence-corrected chi connectivity index (χ2v) is 5.85. The monoisotopic (exact) mass is 313 g/mol. The number of carboxylic acids is 1. The zero-order valence-corrected chi connectivity index (χ0v) is 12.7. The number of aromatic carboxylic acids is 1. The molecular formula is C17H19N3O3. The minimum absolute atomic E-state index is 0.0877. The summed E-state index contributed by atoms with van der Waals surface area (Å²) in [6, 6.07) is 7.21. The van der Waals surface area contributed by atoms with E-state index in [1.54, 1.807) is 24.3 Å². The molecule has 0 unspecified atom stereocenters. The third kappa shape index (κ3) is 3.59. The Morgan fingerprint density at radius 3 is 2.43 bits per heavy atom. The van der Waals surface area contributed by atoms with Gasteiger partial charge in [-0.1, -0.05) is 19.3 Å². The van der Waals surface area contributed by atoms with Gasteiger partial charge in [-0.15, -0.1) is 0 Å². The lowest BCUT2D eigenvalue weighted by atomic mass is 9.88. The quantitative estimate of drug-likeness (QED) is 0.908. The van der Waals surface area contributed by atoms with Crippen molar-refractivity contribution >= 4 is 17.6 Å². The maximum atomic E-state index is 12.2. The topological polar surface area (TPSA) is 84.2 Å². The molecule has 1 aromatic heterocycles. The Bertz CT molecular complexity index is 700. The number of carbonyl (C=O) groups excluding carboxylic acids is 1. The van der Waals surface area contributed by atoms with Crippen LogP contribution in [0.1, 0.15) is 42.5 Å². The third-order valence-electron chi connectivity index (χ3n) is 4.20. The van der Waals surface area contributed by atoms with Crippen molar-refractivity contribution < 1.29 is 14.7 Å². The van der Waals surface area contributed by atoms with E-state index in [0.29, 0.717) is 0 Å². The number of hydrogen-bond donors (Lipinski definition) is 2. The lowest BCUT2D eigenvalue weighted by molar-refractivity contribution is -0.120. The Labute approximate surface area is 134 Å². The molecule has 0 spiro atoms. The van der Waals surface area contributed by atoms with E-state index >= 15 is 0 Å². The summed E-state index contributed by atoms with van der Waals surface area (Å²) in [5, 5.41) is 15.9. The number of nitrogens with one attached hydrogen (secondary N) is 1. The van der Waals surface area contributed by atoms with Gasteiger partial charge in [-0.2, -0.15) is 5.10 Å². The standard InChI is InChI=1S/C17H19N3O3/c21-16(12-4-2-1-3-5-12)19-14-6-8-15(9-7-14)20-11-13(10-18-20)17(22)23/h6-12H,1-5H2,(H,19,21)(H,22,23). The molecule has 0 aliphatic heterocycles. The molecule has 1 aliphatic rings. The second kappa shape index (κ2) is 6.64. The summed E-state index contributed by atoms with van der Waals surface area (Å²) in [6.07, 6.45) is 8.18. The molecule has 1 aliphatic carbocycles. The van der Waals surface area contributed by atoms with Gasteiger partial charge in [0.25, 0.3) is 0 Å².